The predicted molar refractivity (Wildman–Crippen MR) is 101 cm³/mol. The van der Waals surface area contributed by atoms with Gasteiger partial charge in [0.2, 0.25) is 0 Å². The lowest BCUT2D eigenvalue weighted by Gasteiger charge is -2.09. The molecule has 2 aromatic carbocycles. The molecule has 0 radical (unpaired) electrons. The lowest BCUT2D eigenvalue weighted by molar-refractivity contribution is 0.371. The van der Waals surface area contributed by atoms with Crippen molar-refractivity contribution in [2.45, 2.75) is 12.7 Å². The first-order chi connectivity index (χ1) is 12.4. The second-order valence-corrected chi connectivity index (χ2v) is 8.11. The molecule has 0 saturated carbocycles. The molecule has 0 amide bonds. The summed E-state index contributed by atoms with van der Waals surface area (Å²) in [5.74, 6) is 0. The number of aromatic nitrogens is 3. The Hall–Kier alpha value is -2.24. The normalized spacial score (nSPS) is 12.1. The highest BCUT2D eigenvalue weighted by Gasteiger charge is 2.16. The third kappa shape index (κ3) is 3.24. The first kappa shape index (κ1) is 17.2. The molecule has 26 heavy (non-hydrogen) atoms. The van der Waals surface area contributed by atoms with Gasteiger partial charge in [0.05, 0.1) is 17.1 Å². The fraction of sp³-hybridized carbons (Fsp3) is 0.111. The van der Waals surface area contributed by atoms with Crippen molar-refractivity contribution in [2.24, 2.45) is 0 Å². The van der Waals surface area contributed by atoms with Crippen LogP contribution in [0.25, 0.3) is 21.9 Å². The Balaban J connectivity index is 1.77. The second-order valence-electron chi connectivity index (χ2n) is 6.11. The second kappa shape index (κ2) is 6.49. The average molecular weight is 388 g/mol. The van der Waals surface area contributed by atoms with Crippen LogP contribution in [-0.2, 0) is 17.3 Å². The number of rotatable bonds is 4. The molecule has 2 N–H and O–H groups in total. The van der Waals surface area contributed by atoms with Crippen molar-refractivity contribution in [1.82, 2.24) is 14.5 Å². The van der Waals surface area contributed by atoms with Crippen LogP contribution in [0.5, 0.6) is 0 Å². The summed E-state index contributed by atoms with van der Waals surface area (Å²) >= 11 is 6.30. The summed E-state index contributed by atoms with van der Waals surface area (Å²) in [6, 6.07) is 15.1. The van der Waals surface area contributed by atoms with Crippen LogP contribution >= 0.6 is 19.2 Å². The minimum absolute atomic E-state index is 0.258. The van der Waals surface area contributed by atoms with E-state index in [-0.39, 0.29) is 6.16 Å². The standard InChI is InChI=1S/C18H15ClN3O3P/c19-17-16-14-3-1-2-4-15(14)22(18(16)21-11-20-17)9-12-5-7-13(8-6-12)10-26(23,24)25/h1-8,11H,9-10H2,(H2,23,24,25). The average Bonchev–Trinajstić information content (AvgIpc) is 2.91. The summed E-state index contributed by atoms with van der Waals surface area (Å²) in [6.45, 7) is 0.563. The minimum atomic E-state index is -4.07. The number of halogens is 1. The van der Waals surface area contributed by atoms with E-state index in [0.717, 1.165) is 27.5 Å². The predicted octanol–water partition coefficient (Wildman–Crippen LogP) is 3.96. The van der Waals surface area contributed by atoms with E-state index in [2.05, 4.69) is 14.5 Å². The van der Waals surface area contributed by atoms with E-state index in [1.807, 2.05) is 36.4 Å². The van der Waals surface area contributed by atoms with E-state index in [1.165, 1.54) is 6.33 Å². The van der Waals surface area contributed by atoms with Crippen LogP contribution in [-0.4, -0.2) is 24.3 Å². The highest BCUT2D eigenvalue weighted by molar-refractivity contribution is 7.50. The molecule has 0 aliphatic rings. The molecule has 0 fully saturated rings. The molecule has 0 aliphatic carbocycles. The third-order valence-electron chi connectivity index (χ3n) is 4.25. The van der Waals surface area contributed by atoms with E-state index in [0.29, 0.717) is 17.3 Å². The molecule has 0 aliphatic heterocycles. The van der Waals surface area contributed by atoms with Crippen molar-refractivity contribution in [1.29, 1.82) is 0 Å². The summed E-state index contributed by atoms with van der Waals surface area (Å²) < 4.78 is 13.2. The maximum atomic E-state index is 11.1. The number of nitrogens with zero attached hydrogens (tertiary/aromatic N) is 3. The summed E-state index contributed by atoms with van der Waals surface area (Å²) in [5, 5.41) is 2.23. The molecule has 2 heterocycles. The molecular weight excluding hydrogens is 373 g/mol. The van der Waals surface area contributed by atoms with Crippen LogP contribution in [0.4, 0.5) is 0 Å². The molecule has 0 unspecified atom stereocenters. The largest absolute Gasteiger partial charge is 0.329 e. The SMILES string of the molecule is O=P(O)(O)Cc1ccc(Cn2c3ccccc3c3c(Cl)ncnc32)cc1. The molecule has 132 valence electrons. The number of para-hydroxylation sites is 1. The van der Waals surface area contributed by atoms with Crippen molar-refractivity contribution in [2.75, 3.05) is 0 Å². The van der Waals surface area contributed by atoms with E-state index >= 15 is 0 Å². The highest BCUT2D eigenvalue weighted by Crippen LogP contribution is 2.39. The molecule has 0 bridgehead atoms. The molecule has 4 rings (SSSR count). The third-order valence-corrected chi connectivity index (χ3v) is 5.32. The monoisotopic (exact) mass is 387 g/mol. The molecular formula is C18H15ClN3O3P. The van der Waals surface area contributed by atoms with Gasteiger partial charge in [0.1, 0.15) is 17.1 Å². The Morgan fingerprint density at radius 3 is 2.42 bits per heavy atom. The zero-order chi connectivity index (χ0) is 18.3. The van der Waals surface area contributed by atoms with Crippen LogP contribution in [0.2, 0.25) is 5.15 Å². The van der Waals surface area contributed by atoms with Gasteiger partial charge < -0.3 is 14.4 Å². The van der Waals surface area contributed by atoms with Crippen molar-refractivity contribution in [3.05, 3.63) is 71.1 Å². The van der Waals surface area contributed by atoms with Gasteiger partial charge in [-0.15, -0.1) is 0 Å². The minimum Gasteiger partial charge on any atom is -0.324 e. The first-order valence-corrected chi connectivity index (χ1v) is 10.1. The fourth-order valence-electron chi connectivity index (χ4n) is 3.16. The lowest BCUT2D eigenvalue weighted by Crippen LogP contribution is -2.01. The van der Waals surface area contributed by atoms with Crippen LogP contribution < -0.4 is 0 Å². The maximum absolute atomic E-state index is 11.1. The van der Waals surface area contributed by atoms with Gasteiger partial charge in [-0.25, -0.2) is 9.97 Å². The van der Waals surface area contributed by atoms with Gasteiger partial charge in [0.25, 0.3) is 0 Å². The summed E-state index contributed by atoms with van der Waals surface area (Å²) in [4.78, 5) is 26.7. The number of hydrogen-bond acceptors (Lipinski definition) is 3. The summed E-state index contributed by atoms with van der Waals surface area (Å²) in [7, 11) is -4.07. The van der Waals surface area contributed by atoms with Crippen molar-refractivity contribution in [3.63, 3.8) is 0 Å². The van der Waals surface area contributed by atoms with Crippen molar-refractivity contribution < 1.29 is 14.4 Å². The van der Waals surface area contributed by atoms with Crippen LogP contribution in [0, 0.1) is 0 Å². The lowest BCUT2D eigenvalue weighted by atomic mass is 10.1. The van der Waals surface area contributed by atoms with Gasteiger partial charge in [-0.05, 0) is 17.2 Å². The molecule has 2 aromatic heterocycles. The van der Waals surface area contributed by atoms with Gasteiger partial charge in [-0.1, -0.05) is 54.1 Å². The van der Waals surface area contributed by atoms with Gasteiger partial charge >= 0.3 is 7.60 Å². The van der Waals surface area contributed by atoms with Crippen molar-refractivity contribution in [3.8, 4) is 0 Å². The molecule has 0 saturated heterocycles. The van der Waals surface area contributed by atoms with Gasteiger partial charge in [-0.2, -0.15) is 0 Å². The number of fused-ring (bicyclic) bond motifs is 3. The van der Waals surface area contributed by atoms with Gasteiger partial charge in [0, 0.05) is 11.9 Å². The molecule has 0 atom stereocenters. The smallest absolute Gasteiger partial charge is 0.324 e. The summed E-state index contributed by atoms with van der Waals surface area (Å²) in [5.41, 5.74) is 3.36. The van der Waals surface area contributed by atoms with Crippen molar-refractivity contribution >= 4 is 41.1 Å². The first-order valence-electron chi connectivity index (χ1n) is 7.92. The number of benzene rings is 2. The number of hydrogen-bond donors (Lipinski definition) is 2. The fourth-order valence-corrected chi connectivity index (χ4v) is 4.07. The zero-order valence-corrected chi connectivity index (χ0v) is 15.2. The maximum Gasteiger partial charge on any atom is 0.329 e. The molecule has 6 nitrogen and oxygen atoms in total. The van der Waals surface area contributed by atoms with Crippen LogP contribution in [0.1, 0.15) is 11.1 Å². The topological polar surface area (TPSA) is 88.2 Å². The molecule has 0 spiro atoms. The zero-order valence-electron chi connectivity index (χ0n) is 13.6. The molecule has 8 heteroatoms. The van der Waals surface area contributed by atoms with E-state index < -0.39 is 7.60 Å². The Morgan fingerprint density at radius 1 is 1.00 bits per heavy atom. The van der Waals surface area contributed by atoms with E-state index in [1.54, 1.807) is 12.1 Å². The highest BCUT2D eigenvalue weighted by atomic mass is 35.5. The van der Waals surface area contributed by atoms with E-state index in [4.69, 9.17) is 21.4 Å². The van der Waals surface area contributed by atoms with E-state index in [9.17, 15) is 4.57 Å². The van der Waals surface area contributed by atoms with Gasteiger partial charge in [0.15, 0.2) is 0 Å². The summed E-state index contributed by atoms with van der Waals surface area (Å²) in [6.07, 6.45) is 1.19. The van der Waals surface area contributed by atoms with Crippen LogP contribution in [0.15, 0.2) is 54.9 Å². The quantitative estimate of drug-likeness (QED) is 0.408. The molecule has 4 aromatic rings. The Labute approximate surface area is 154 Å². The van der Waals surface area contributed by atoms with Crippen LogP contribution in [0.3, 0.4) is 0 Å². The Kier molecular flexibility index (Phi) is 4.29. The Morgan fingerprint density at radius 2 is 1.69 bits per heavy atom. The Bertz CT molecular complexity index is 1150. The van der Waals surface area contributed by atoms with Gasteiger partial charge in [-0.3, -0.25) is 4.57 Å².